The van der Waals surface area contributed by atoms with Gasteiger partial charge >= 0.3 is 6.18 Å². The maximum absolute atomic E-state index is 12.9. The van der Waals surface area contributed by atoms with E-state index >= 15 is 0 Å². The van der Waals surface area contributed by atoms with E-state index in [1.165, 1.54) is 31.4 Å². The molecule has 1 amide bonds. The highest BCUT2D eigenvalue weighted by Crippen LogP contribution is 2.26. The Hall–Kier alpha value is -3.42. The average molecular weight is 349 g/mol. The zero-order chi connectivity index (χ0) is 18.2. The van der Waals surface area contributed by atoms with E-state index in [9.17, 15) is 18.0 Å². The Morgan fingerprint density at radius 1 is 1.40 bits per heavy atom. The Balaban J connectivity index is 2.05. The number of carbonyl (C=O) groups excluding carboxylic acids is 1. The van der Waals surface area contributed by atoms with E-state index in [2.05, 4.69) is 20.5 Å². The van der Waals surface area contributed by atoms with Gasteiger partial charge in [-0.15, -0.1) is 5.10 Å². The number of nitriles is 1. The van der Waals surface area contributed by atoms with Gasteiger partial charge in [-0.25, -0.2) is 4.98 Å². The van der Waals surface area contributed by atoms with Crippen molar-refractivity contribution in [3.63, 3.8) is 0 Å². The Bertz CT molecular complexity index is 996. The average Bonchev–Trinajstić information content (AvgIpc) is 3.10. The second-order valence-corrected chi connectivity index (χ2v) is 5.13. The summed E-state index contributed by atoms with van der Waals surface area (Å²) in [6.45, 7) is -1.37. The van der Waals surface area contributed by atoms with Gasteiger partial charge in [0.05, 0.1) is 28.9 Å². The van der Waals surface area contributed by atoms with Crippen molar-refractivity contribution < 1.29 is 18.0 Å². The number of alkyl halides is 3. The van der Waals surface area contributed by atoms with E-state index in [-0.39, 0.29) is 28.2 Å². The quantitative estimate of drug-likeness (QED) is 0.778. The third-order valence-electron chi connectivity index (χ3n) is 3.27. The number of hydrogen-bond acceptors (Lipinski definition) is 5. The van der Waals surface area contributed by atoms with Crippen LogP contribution < -0.4 is 5.32 Å². The lowest BCUT2D eigenvalue weighted by molar-refractivity contribution is -0.139. The lowest BCUT2D eigenvalue weighted by Gasteiger charge is -2.12. The molecule has 2 heterocycles. The molecule has 0 bridgehead atoms. The number of anilines is 1. The topological polar surface area (TPSA) is 101 Å². The Kier molecular flexibility index (Phi) is 3.88. The van der Waals surface area contributed by atoms with Gasteiger partial charge in [-0.3, -0.25) is 10.1 Å². The zero-order valence-corrected chi connectivity index (χ0v) is 12.7. The highest BCUT2D eigenvalue weighted by atomic mass is 19.4. The first-order valence-electron chi connectivity index (χ1n) is 6.91. The lowest BCUT2D eigenvalue weighted by atomic mass is 10.2. The van der Waals surface area contributed by atoms with Crippen molar-refractivity contribution in [1.82, 2.24) is 24.5 Å². The van der Waals surface area contributed by atoms with Gasteiger partial charge in [0.25, 0.3) is 5.91 Å². The van der Waals surface area contributed by atoms with Gasteiger partial charge in [-0.05, 0) is 18.2 Å². The van der Waals surface area contributed by atoms with Crippen LogP contribution >= 0.6 is 0 Å². The fourth-order valence-corrected chi connectivity index (χ4v) is 2.24. The Morgan fingerprint density at radius 3 is 2.76 bits per heavy atom. The summed E-state index contributed by atoms with van der Waals surface area (Å²) in [4.78, 5) is 17.3. The number of fused-ring (bicyclic) bond motifs is 1. The number of imidazole rings is 1. The summed E-state index contributed by atoms with van der Waals surface area (Å²) < 4.78 is 39.6. The van der Waals surface area contributed by atoms with E-state index in [0.717, 1.165) is 9.36 Å². The van der Waals surface area contributed by atoms with Gasteiger partial charge in [0, 0.05) is 7.05 Å². The highest BCUT2D eigenvalue weighted by molar-refractivity contribution is 6.02. The van der Waals surface area contributed by atoms with Crippen molar-refractivity contribution in [3.8, 4) is 6.07 Å². The fourth-order valence-electron chi connectivity index (χ4n) is 2.24. The molecule has 25 heavy (non-hydrogen) atoms. The van der Waals surface area contributed by atoms with Crippen molar-refractivity contribution in [3.05, 3.63) is 35.7 Å². The minimum absolute atomic E-state index is 0.0640. The highest BCUT2D eigenvalue weighted by Gasteiger charge is 2.31. The molecule has 0 unspecified atom stereocenters. The molecule has 11 heteroatoms. The number of amides is 1. The van der Waals surface area contributed by atoms with E-state index in [4.69, 9.17) is 5.26 Å². The summed E-state index contributed by atoms with van der Waals surface area (Å²) in [6, 6.07) is 5.99. The molecule has 0 saturated heterocycles. The summed E-state index contributed by atoms with van der Waals surface area (Å²) >= 11 is 0. The molecule has 0 aliphatic heterocycles. The number of aromatic nitrogens is 5. The minimum Gasteiger partial charge on any atom is -0.301 e. The number of hydrogen-bond donors (Lipinski definition) is 1. The first-order chi connectivity index (χ1) is 11.8. The molecule has 3 aromatic rings. The lowest BCUT2D eigenvalue weighted by Crippen LogP contribution is -2.22. The molecular weight excluding hydrogens is 339 g/mol. The number of aryl methyl sites for hydroxylation is 1. The van der Waals surface area contributed by atoms with Gasteiger partial charge in [0.15, 0.2) is 5.69 Å². The van der Waals surface area contributed by atoms with E-state index in [1.807, 2.05) is 6.07 Å². The van der Waals surface area contributed by atoms with E-state index < -0.39 is 18.6 Å². The summed E-state index contributed by atoms with van der Waals surface area (Å²) in [7, 11) is 1.50. The summed E-state index contributed by atoms with van der Waals surface area (Å²) in [5.74, 6) is -1.04. The molecule has 128 valence electrons. The molecule has 0 radical (unpaired) electrons. The van der Waals surface area contributed by atoms with Crippen molar-refractivity contribution in [1.29, 1.82) is 5.26 Å². The molecule has 0 atom stereocenters. The van der Waals surface area contributed by atoms with Crippen molar-refractivity contribution in [2.75, 3.05) is 5.32 Å². The predicted molar refractivity (Wildman–Crippen MR) is 79.5 cm³/mol. The smallest absolute Gasteiger partial charge is 0.301 e. The maximum Gasteiger partial charge on any atom is 0.406 e. The largest absolute Gasteiger partial charge is 0.406 e. The second kappa shape index (κ2) is 5.90. The molecular formula is C14H10F3N7O. The first-order valence-corrected chi connectivity index (χ1v) is 6.91. The molecule has 3 rings (SSSR count). The molecule has 0 fully saturated rings. The summed E-state index contributed by atoms with van der Waals surface area (Å²) in [6.07, 6.45) is -3.36. The third-order valence-corrected chi connectivity index (χ3v) is 3.27. The van der Waals surface area contributed by atoms with Crippen LogP contribution in [-0.4, -0.2) is 36.6 Å². The third kappa shape index (κ3) is 3.42. The predicted octanol–water partition coefficient (Wildman–Crippen LogP) is 1.85. The van der Waals surface area contributed by atoms with Crippen LogP contribution in [-0.2, 0) is 13.6 Å². The molecule has 0 aliphatic carbocycles. The zero-order valence-electron chi connectivity index (χ0n) is 12.7. The molecule has 0 spiro atoms. The summed E-state index contributed by atoms with van der Waals surface area (Å²) in [5, 5.41) is 18.8. The van der Waals surface area contributed by atoms with Gasteiger partial charge in [-0.1, -0.05) is 0 Å². The molecule has 1 N–H and O–H groups in total. The maximum atomic E-state index is 12.9. The Labute approximate surface area is 138 Å². The van der Waals surface area contributed by atoms with Gasteiger partial charge in [0.1, 0.15) is 6.54 Å². The number of benzene rings is 1. The van der Waals surface area contributed by atoms with Gasteiger partial charge in [-0.2, -0.15) is 28.3 Å². The molecule has 0 aliphatic rings. The second-order valence-electron chi connectivity index (χ2n) is 5.13. The van der Waals surface area contributed by atoms with Crippen LogP contribution in [0.25, 0.3) is 11.0 Å². The molecule has 8 nitrogen and oxygen atoms in total. The molecule has 0 saturated carbocycles. The van der Waals surface area contributed by atoms with Crippen molar-refractivity contribution >= 4 is 22.9 Å². The Morgan fingerprint density at radius 2 is 2.16 bits per heavy atom. The summed E-state index contributed by atoms with van der Waals surface area (Å²) in [5.41, 5.74) is 0.428. The van der Waals surface area contributed by atoms with Crippen LogP contribution in [0.4, 0.5) is 19.1 Å². The molecule has 2 aromatic heterocycles. The number of halogens is 3. The van der Waals surface area contributed by atoms with E-state index in [1.54, 1.807) is 0 Å². The van der Waals surface area contributed by atoms with Crippen LogP contribution in [0.1, 0.15) is 16.1 Å². The van der Waals surface area contributed by atoms with Crippen LogP contribution in [0.3, 0.4) is 0 Å². The van der Waals surface area contributed by atoms with Gasteiger partial charge in [0.2, 0.25) is 5.95 Å². The molecule has 1 aromatic carbocycles. The van der Waals surface area contributed by atoms with Crippen molar-refractivity contribution in [2.24, 2.45) is 7.05 Å². The fraction of sp³-hybridized carbons (Fsp3) is 0.214. The monoisotopic (exact) mass is 349 g/mol. The first kappa shape index (κ1) is 16.4. The number of nitrogens with one attached hydrogen (secondary N) is 1. The van der Waals surface area contributed by atoms with Crippen molar-refractivity contribution in [2.45, 2.75) is 12.7 Å². The number of nitrogens with zero attached hydrogens (tertiary/aromatic N) is 6. The van der Waals surface area contributed by atoms with Crippen LogP contribution in [0, 0.1) is 11.3 Å². The normalized spacial score (nSPS) is 11.5. The van der Waals surface area contributed by atoms with Crippen LogP contribution in [0.5, 0.6) is 0 Å². The number of carbonyl (C=O) groups is 1. The van der Waals surface area contributed by atoms with Crippen LogP contribution in [0.15, 0.2) is 24.4 Å². The SMILES string of the molecule is Cn1ncc(C(=O)Nc2nc3ccc(C#N)cc3n2CC(F)(F)F)n1. The number of rotatable bonds is 3. The minimum atomic E-state index is -4.54. The standard InChI is InChI=1S/C14H10F3N7O/c1-23-19-6-10(22-23)12(25)21-13-20-9-3-2-8(5-18)4-11(9)24(13)7-14(15,16)17/h2-4,6H,7H2,1H3,(H,20,21,25). The van der Waals surface area contributed by atoms with Gasteiger partial charge < -0.3 is 4.57 Å². The van der Waals surface area contributed by atoms with E-state index in [0.29, 0.717) is 0 Å². The van der Waals surface area contributed by atoms with Crippen LogP contribution in [0.2, 0.25) is 0 Å².